The standard InChI is InChI=1S/C21H28B2O5/c1-19-8-14(26)16-11(12(19)5-6-21(19,28)15(27)9-24)4-3-10-7-13(25)17(22)18(23)20(10,16)2/h7,11-12,14,16-18,24,26,28H,3-6,8-9H2,1-2H3. The van der Waals surface area contributed by atoms with Crippen LogP contribution in [-0.4, -0.2) is 60.9 Å². The fraction of sp³-hybridized carbons (Fsp3) is 0.810. The largest absolute Gasteiger partial charge is 0.393 e. The number of ketones is 2. The number of hydrogen-bond donors (Lipinski definition) is 3. The second-order valence-corrected chi connectivity index (χ2v) is 9.91. The maximum absolute atomic E-state index is 12.4. The third-order valence-corrected chi connectivity index (χ3v) is 9.07. The summed E-state index contributed by atoms with van der Waals surface area (Å²) in [6, 6.07) is 0. The van der Waals surface area contributed by atoms with Crippen LogP contribution in [0.2, 0.25) is 11.6 Å². The van der Waals surface area contributed by atoms with Crippen LogP contribution in [0.25, 0.3) is 0 Å². The molecule has 3 fully saturated rings. The van der Waals surface area contributed by atoms with Crippen LogP contribution in [-0.2, 0) is 9.59 Å². The average molecular weight is 382 g/mol. The van der Waals surface area contributed by atoms with Crippen LogP contribution in [0, 0.1) is 28.6 Å². The Morgan fingerprint density at radius 1 is 1.29 bits per heavy atom. The van der Waals surface area contributed by atoms with Crippen molar-refractivity contribution in [3.05, 3.63) is 11.6 Å². The molecule has 4 aliphatic carbocycles. The van der Waals surface area contributed by atoms with Crippen molar-refractivity contribution in [2.45, 2.75) is 69.3 Å². The Kier molecular flexibility index (Phi) is 4.58. The number of rotatable bonds is 2. The molecular formula is C21H28B2O5. The molecule has 4 rings (SSSR count). The van der Waals surface area contributed by atoms with Gasteiger partial charge in [-0.05, 0) is 67.2 Å². The van der Waals surface area contributed by atoms with Gasteiger partial charge in [0.1, 0.15) is 18.0 Å². The first-order valence-electron chi connectivity index (χ1n) is 10.3. The quantitative estimate of drug-likeness (QED) is 0.618. The van der Waals surface area contributed by atoms with Crippen molar-refractivity contribution in [1.29, 1.82) is 0 Å². The molecule has 3 saturated carbocycles. The fourth-order valence-electron chi connectivity index (χ4n) is 7.48. The first-order valence-corrected chi connectivity index (χ1v) is 10.3. The van der Waals surface area contributed by atoms with Crippen LogP contribution in [0.3, 0.4) is 0 Å². The number of fused-ring (bicyclic) bond motifs is 5. The van der Waals surface area contributed by atoms with Gasteiger partial charge in [-0.2, -0.15) is 0 Å². The highest BCUT2D eigenvalue weighted by molar-refractivity contribution is 6.33. The summed E-state index contributed by atoms with van der Waals surface area (Å²) in [5.74, 6) is -2.14. The lowest BCUT2D eigenvalue weighted by atomic mass is 9.38. The van der Waals surface area contributed by atoms with Gasteiger partial charge in [-0.1, -0.05) is 25.2 Å². The van der Waals surface area contributed by atoms with Gasteiger partial charge >= 0.3 is 0 Å². The number of hydrogen-bond acceptors (Lipinski definition) is 5. The van der Waals surface area contributed by atoms with E-state index in [1.54, 1.807) is 6.08 Å². The van der Waals surface area contributed by atoms with Crippen molar-refractivity contribution >= 4 is 27.3 Å². The Balaban J connectivity index is 1.77. The normalized spacial score (nSPS) is 53.0. The minimum atomic E-state index is -1.61. The van der Waals surface area contributed by atoms with Gasteiger partial charge in [0.05, 0.1) is 21.8 Å². The summed E-state index contributed by atoms with van der Waals surface area (Å²) in [7, 11) is 12.6. The van der Waals surface area contributed by atoms with E-state index in [1.165, 1.54) is 0 Å². The lowest BCUT2D eigenvalue weighted by molar-refractivity contribution is -0.182. The van der Waals surface area contributed by atoms with Crippen LogP contribution in [0.1, 0.15) is 46.0 Å². The molecule has 0 heterocycles. The van der Waals surface area contributed by atoms with Gasteiger partial charge in [-0.25, -0.2) is 0 Å². The van der Waals surface area contributed by atoms with E-state index in [9.17, 15) is 24.9 Å². The minimum absolute atomic E-state index is 0.0424. The lowest BCUT2D eigenvalue weighted by Gasteiger charge is -2.62. The highest BCUT2D eigenvalue weighted by Gasteiger charge is 2.68. The summed E-state index contributed by atoms with van der Waals surface area (Å²) >= 11 is 0. The van der Waals surface area contributed by atoms with Gasteiger partial charge in [-0.3, -0.25) is 9.59 Å². The van der Waals surface area contributed by atoms with Gasteiger partial charge in [0, 0.05) is 5.41 Å². The monoisotopic (exact) mass is 382 g/mol. The minimum Gasteiger partial charge on any atom is -0.393 e. The van der Waals surface area contributed by atoms with Crippen molar-refractivity contribution in [3.8, 4) is 0 Å². The molecule has 28 heavy (non-hydrogen) atoms. The molecule has 9 unspecified atom stereocenters. The van der Waals surface area contributed by atoms with Crippen molar-refractivity contribution < 1.29 is 24.9 Å². The predicted molar refractivity (Wildman–Crippen MR) is 105 cm³/mol. The Morgan fingerprint density at radius 3 is 2.61 bits per heavy atom. The molecule has 7 heteroatoms. The number of aliphatic hydroxyl groups is 3. The molecule has 0 aromatic carbocycles. The summed E-state index contributed by atoms with van der Waals surface area (Å²) in [6.07, 6.45) is 3.57. The van der Waals surface area contributed by atoms with Gasteiger partial charge in [0.2, 0.25) is 0 Å². The van der Waals surface area contributed by atoms with E-state index in [4.69, 9.17) is 15.7 Å². The third-order valence-electron chi connectivity index (χ3n) is 9.07. The maximum Gasteiger partial charge on any atom is 0.190 e. The van der Waals surface area contributed by atoms with Crippen LogP contribution < -0.4 is 0 Å². The van der Waals surface area contributed by atoms with Crippen LogP contribution in [0.4, 0.5) is 0 Å². The fourth-order valence-corrected chi connectivity index (χ4v) is 7.48. The molecule has 0 saturated heterocycles. The molecule has 9 atom stereocenters. The van der Waals surface area contributed by atoms with Crippen LogP contribution >= 0.6 is 0 Å². The zero-order valence-corrected chi connectivity index (χ0v) is 16.6. The molecule has 0 aromatic rings. The molecule has 0 bridgehead atoms. The number of Topliss-reactive ketones (excluding diaryl/α,β-unsaturated/α-hetero) is 1. The number of allylic oxidation sites excluding steroid dienone is 1. The average Bonchev–Trinajstić information content (AvgIpc) is 2.92. The Labute approximate surface area is 168 Å². The Morgan fingerprint density at radius 2 is 1.96 bits per heavy atom. The van der Waals surface area contributed by atoms with E-state index >= 15 is 0 Å². The molecular weight excluding hydrogens is 354 g/mol. The first-order chi connectivity index (χ1) is 13.0. The molecule has 0 aliphatic heterocycles. The maximum atomic E-state index is 12.4. The predicted octanol–water partition coefficient (Wildman–Crippen LogP) is 0.915. The smallest absolute Gasteiger partial charge is 0.190 e. The number of carbonyl (C=O) groups excluding carboxylic acids is 2. The van der Waals surface area contributed by atoms with E-state index in [0.717, 1.165) is 12.0 Å². The van der Waals surface area contributed by atoms with E-state index in [0.29, 0.717) is 19.3 Å². The zero-order chi connectivity index (χ0) is 20.6. The lowest BCUT2D eigenvalue weighted by Crippen LogP contribution is -2.62. The molecule has 148 valence electrons. The van der Waals surface area contributed by atoms with E-state index < -0.39 is 46.6 Å². The van der Waals surface area contributed by atoms with Crippen molar-refractivity contribution in [3.63, 3.8) is 0 Å². The van der Waals surface area contributed by atoms with E-state index in [-0.39, 0.29) is 30.0 Å². The number of carbonyl (C=O) groups is 2. The summed E-state index contributed by atoms with van der Waals surface area (Å²) in [5, 5.41) is 31.9. The summed E-state index contributed by atoms with van der Waals surface area (Å²) in [6.45, 7) is 3.19. The van der Waals surface area contributed by atoms with Crippen LogP contribution in [0.15, 0.2) is 11.6 Å². The zero-order valence-electron chi connectivity index (χ0n) is 16.6. The third kappa shape index (κ3) is 2.27. The molecule has 0 aromatic heterocycles. The molecule has 4 radical (unpaired) electrons. The highest BCUT2D eigenvalue weighted by atomic mass is 16.3. The van der Waals surface area contributed by atoms with Gasteiger partial charge in [0.25, 0.3) is 0 Å². The summed E-state index contributed by atoms with van der Waals surface area (Å²) in [5.41, 5.74) is -2.02. The second kappa shape index (κ2) is 6.29. The van der Waals surface area contributed by atoms with E-state index in [1.807, 2.05) is 13.8 Å². The molecule has 0 spiro atoms. The molecule has 3 N–H and O–H groups in total. The Hall–Kier alpha value is -0.910. The van der Waals surface area contributed by atoms with Gasteiger partial charge in [0.15, 0.2) is 5.78 Å². The molecule has 4 aliphatic rings. The summed E-state index contributed by atoms with van der Waals surface area (Å²) in [4.78, 5) is 24.7. The van der Waals surface area contributed by atoms with Crippen LogP contribution in [0.5, 0.6) is 0 Å². The van der Waals surface area contributed by atoms with Crippen molar-refractivity contribution in [2.24, 2.45) is 28.6 Å². The Bertz CT molecular complexity index is 753. The molecule has 0 amide bonds. The first kappa shape index (κ1) is 20.4. The van der Waals surface area contributed by atoms with Gasteiger partial charge < -0.3 is 15.3 Å². The SMILES string of the molecule is [B]C1C(=O)C=C2CCC3C(C(O)CC4(C)C3CCC4(O)C(=O)CO)C2(C)C1[B]. The molecule has 5 nitrogen and oxygen atoms in total. The number of aliphatic hydroxyl groups excluding tert-OH is 2. The highest BCUT2D eigenvalue weighted by Crippen LogP contribution is 2.69. The van der Waals surface area contributed by atoms with E-state index in [2.05, 4.69) is 0 Å². The van der Waals surface area contributed by atoms with Crippen molar-refractivity contribution in [1.82, 2.24) is 0 Å². The second-order valence-electron chi connectivity index (χ2n) is 9.91. The summed E-state index contributed by atoms with van der Waals surface area (Å²) < 4.78 is 0. The van der Waals surface area contributed by atoms with Gasteiger partial charge in [-0.15, -0.1) is 0 Å². The van der Waals surface area contributed by atoms with Crippen molar-refractivity contribution in [2.75, 3.05) is 6.61 Å². The topological polar surface area (TPSA) is 94.8 Å².